The van der Waals surface area contributed by atoms with Crippen molar-refractivity contribution in [2.24, 2.45) is 11.1 Å². The quantitative estimate of drug-likeness (QED) is 0.238. The van der Waals surface area contributed by atoms with Gasteiger partial charge in [-0.1, -0.05) is 53.7 Å². The maximum Gasteiger partial charge on any atom is 0.303 e. The molecule has 0 bridgehead atoms. The molecule has 0 aliphatic heterocycles. The van der Waals surface area contributed by atoms with Gasteiger partial charge in [-0.25, -0.2) is 0 Å². The summed E-state index contributed by atoms with van der Waals surface area (Å²) in [4.78, 5) is 16.0. The van der Waals surface area contributed by atoms with Gasteiger partial charge in [-0.2, -0.15) is 0 Å². The van der Waals surface area contributed by atoms with Crippen molar-refractivity contribution in [1.82, 2.24) is 0 Å². The number of oxime groups is 1. The highest BCUT2D eigenvalue weighted by Crippen LogP contribution is 2.32. The van der Waals surface area contributed by atoms with Crippen LogP contribution in [0.5, 0.6) is 17.2 Å². The lowest BCUT2D eigenvalue weighted by Gasteiger charge is -2.14. The summed E-state index contributed by atoms with van der Waals surface area (Å²) >= 11 is 0. The fourth-order valence-corrected chi connectivity index (χ4v) is 3.60. The zero-order valence-electron chi connectivity index (χ0n) is 20.4. The van der Waals surface area contributed by atoms with Gasteiger partial charge >= 0.3 is 5.97 Å². The summed E-state index contributed by atoms with van der Waals surface area (Å²) in [6.07, 6.45) is 2.87. The van der Waals surface area contributed by atoms with Gasteiger partial charge in [0.2, 0.25) is 0 Å². The van der Waals surface area contributed by atoms with Crippen LogP contribution in [0, 0.1) is 5.92 Å². The molecule has 0 aromatic heterocycles. The molecule has 0 radical (unpaired) electrons. The van der Waals surface area contributed by atoms with Gasteiger partial charge in [-0.05, 0) is 54.5 Å². The van der Waals surface area contributed by atoms with Crippen molar-refractivity contribution in [1.29, 1.82) is 0 Å². The SMILES string of the molecule is CO/N=C(/COc1ccc(COc2ccc(CCC(=O)O)c(OCC3CC3)c2)cc1)c1ccccc1. The van der Waals surface area contributed by atoms with Crippen molar-refractivity contribution in [2.75, 3.05) is 20.3 Å². The van der Waals surface area contributed by atoms with Gasteiger partial charge in [-0.15, -0.1) is 0 Å². The number of carboxylic acids is 1. The molecule has 1 aliphatic carbocycles. The van der Waals surface area contributed by atoms with Crippen molar-refractivity contribution >= 4 is 11.7 Å². The molecular weight excluding hydrogens is 458 g/mol. The molecule has 3 aromatic carbocycles. The number of hydrogen-bond acceptors (Lipinski definition) is 6. The first-order valence-corrected chi connectivity index (χ1v) is 12.1. The number of carbonyl (C=O) groups is 1. The summed E-state index contributed by atoms with van der Waals surface area (Å²) in [5.74, 6) is 1.89. The zero-order valence-corrected chi connectivity index (χ0v) is 20.4. The van der Waals surface area contributed by atoms with E-state index in [4.69, 9.17) is 24.2 Å². The standard InChI is InChI=1S/C29H31NO6/c1-33-30-27(23-5-3-2-4-6-23)20-35-25-13-9-22(10-14-25)18-34-26-15-11-24(12-16-29(31)32)28(17-26)36-19-21-7-8-21/h2-6,9-11,13-15,17,21H,7-8,12,16,18-20H2,1H3,(H,31,32)/b30-27-. The van der Waals surface area contributed by atoms with Gasteiger partial charge < -0.3 is 24.2 Å². The van der Waals surface area contributed by atoms with E-state index in [0.717, 1.165) is 22.4 Å². The minimum atomic E-state index is -0.821. The Balaban J connectivity index is 1.32. The third-order valence-electron chi connectivity index (χ3n) is 5.83. The van der Waals surface area contributed by atoms with E-state index in [1.165, 1.54) is 20.0 Å². The average Bonchev–Trinajstić information content (AvgIpc) is 3.73. The summed E-state index contributed by atoms with van der Waals surface area (Å²) in [6.45, 7) is 1.33. The van der Waals surface area contributed by atoms with E-state index in [1.807, 2.05) is 72.8 Å². The first kappa shape index (κ1) is 25.1. The van der Waals surface area contributed by atoms with Crippen molar-refractivity contribution in [3.8, 4) is 17.2 Å². The van der Waals surface area contributed by atoms with E-state index in [1.54, 1.807) is 0 Å². The van der Waals surface area contributed by atoms with Crippen LogP contribution < -0.4 is 14.2 Å². The van der Waals surface area contributed by atoms with E-state index < -0.39 is 5.97 Å². The number of aliphatic carboxylic acids is 1. The van der Waals surface area contributed by atoms with E-state index in [9.17, 15) is 4.79 Å². The van der Waals surface area contributed by atoms with E-state index in [-0.39, 0.29) is 13.0 Å². The number of ether oxygens (including phenoxy) is 3. The Morgan fingerprint density at radius 3 is 2.39 bits per heavy atom. The second-order valence-corrected chi connectivity index (χ2v) is 8.73. The summed E-state index contributed by atoms with van der Waals surface area (Å²) in [5, 5.41) is 13.1. The third kappa shape index (κ3) is 7.77. The lowest BCUT2D eigenvalue weighted by molar-refractivity contribution is -0.136. The summed E-state index contributed by atoms with van der Waals surface area (Å²) < 4.78 is 17.9. The monoisotopic (exact) mass is 489 g/mol. The van der Waals surface area contributed by atoms with Crippen LogP contribution in [0.4, 0.5) is 0 Å². The second kappa shape index (κ2) is 12.6. The predicted molar refractivity (Wildman–Crippen MR) is 137 cm³/mol. The minimum absolute atomic E-state index is 0.0680. The molecule has 1 saturated carbocycles. The summed E-state index contributed by atoms with van der Waals surface area (Å²) in [5.41, 5.74) is 3.53. The Kier molecular flexibility index (Phi) is 8.81. The molecule has 0 heterocycles. The first-order chi connectivity index (χ1) is 17.6. The molecule has 7 heteroatoms. The molecule has 0 amide bonds. The molecular formula is C29H31NO6. The maximum atomic E-state index is 11.0. The molecule has 7 nitrogen and oxygen atoms in total. The molecule has 36 heavy (non-hydrogen) atoms. The van der Waals surface area contributed by atoms with Crippen LogP contribution in [0.15, 0.2) is 78.0 Å². The molecule has 1 fully saturated rings. The highest BCUT2D eigenvalue weighted by molar-refractivity contribution is 6.01. The lowest BCUT2D eigenvalue weighted by atomic mass is 10.1. The van der Waals surface area contributed by atoms with Crippen LogP contribution in [-0.4, -0.2) is 37.1 Å². The Bertz CT molecular complexity index is 1160. The van der Waals surface area contributed by atoms with Crippen LogP contribution >= 0.6 is 0 Å². The van der Waals surface area contributed by atoms with Crippen molar-refractivity contribution in [3.63, 3.8) is 0 Å². The van der Waals surface area contributed by atoms with Crippen LogP contribution in [-0.2, 0) is 22.7 Å². The van der Waals surface area contributed by atoms with Crippen molar-refractivity contribution < 1.29 is 28.9 Å². The molecule has 1 aliphatic rings. The number of aryl methyl sites for hydroxylation is 1. The number of rotatable bonds is 14. The Morgan fingerprint density at radius 2 is 1.69 bits per heavy atom. The predicted octanol–water partition coefficient (Wildman–Crippen LogP) is 5.50. The van der Waals surface area contributed by atoms with Gasteiger partial charge in [0.25, 0.3) is 0 Å². The summed E-state index contributed by atoms with van der Waals surface area (Å²) in [7, 11) is 1.52. The molecule has 1 N–H and O–H groups in total. The van der Waals surface area contributed by atoms with Crippen LogP contribution in [0.25, 0.3) is 0 Å². The molecule has 188 valence electrons. The Labute approximate surface area is 211 Å². The summed E-state index contributed by atoms with van der Waals surface area (Å²) in [6, 6.07) is 23.1. The van der Waals surface area contributed by atoms with Gasteiger partial charge in [0.1, 0.15) is 43.3 Å². The number of nitrogens with zero attached hydrogens (tertiary/aromatic N) is 1. The second-order valence-electron chi connectivity index (χ2n) is 8.73. The van der Waals surface area contributed by atoms with Crippen molar-refractivity contribution in [2.45, 2.75) is 32.3 Å². The zero-order chi connectivity index (χ0) is 25.2. The average molecular weight is 490 g/mol. The fourth-order valence-electron chi connectivity index (χ4n) is 3.60. The fraction of sp³-hybridized carbons (Fsp3) is 0.310. The third-order valence-corrected chi connectivity index (χ3v) is 5.83. The van der Waals surface area contributed by atoms with Crippen molar-refractivity contribution in [3.05, 3.63) is 89.5 Å². The minimum Gasteiger partial charge on any atom is -0.493 e. The van der Waals surface area contributed by atoms with Crippen LogP contribution in [0.2, 0.25) is 0 Å². The molecule has 0 atom stereocenters. The molecule has 0 unspecified atom stereocenters. The number of carboxylic acid groups (broad SMARTS) is 1. The molecule has 0 spiro atoms. The Morgan fingerprint density at radius 1 is 0.944 bits per heavy atom. The molecule has 0 saturated heterocycles. The van der Waals surface area contributed by atoms with Crippen LogP contribution in [0.3, 0.4) is 0 Å². The topological polar surface area (TPSA) is 86.6 Å². The lowest BCUT2D eigenvalue weighted by Crippen LogP contribution is -2.13. The van der Waals surface area contributed by atoms with Gasteiger partial charge in [0, 0.05) is 18.1 Å². The highest BCUT2D eigenvalue weighted by Gasteiger charge is 2.22. The molecule has 3 aromatic rings. The normalized spacial score (nSPS) is 13.2. The molecule has 4 rings (SSSR count). The van der Waals surface area contributed by atoms with E-state index in [2.05, 4.69) is 5.16 Å². The number of hydrogen-bond donors (Lipinski definition) is 1. The Hall–Kier alpha value is -4.00. The number of benzene rings is 3. The maximum absolute atomic E-state index is 11.0. The van der Waals surface area contributed by atoms with Gasteiger partial charge in [0.15, 0.2) is 0 Å². The first-order valence-electron chi connectivity index (χ1n) is 12.1. The van der Waals surface area contributed by atoms with E-state index in [0.29, 0.717) is 42.8 Å². The van der Waals surface area contributed by atoms with E-state index >= 15 is 0 Å². The van der Waals surface area contributed by atoms with Crippen LogP contribution in [0.1, 0.15) is 36.0 Å². The van der Waals surface area contributed by atoms with Gasteiger partial charge in [0.05, 0.1) is 6.61 Å². The van der Waals surface area contributed by atoms with Gasteiger partial charge in [-0.3, -0.25) is 4.79 Å². The highest BCUT2D eigenvalue weighted by atomic mass is 16.6. The largest absolute Gasteiger partial charge is 0.493 e. The smallest absolute Gasteiger partial charge is 0.303 e.